The second kappa shape index (κ2) is 11.2. The quantitative estimate of drug-likeness (QED) is 0.572. The summed E-state index contributed by atoms with van der Waals surface area (Å²) in [6, 6.07) is 13.8. The molecule has 0 saturated heterocycles. The fourth-order valence-corrected chi connectivity index (χ4v) is 3.03. The van der Waals surface area contributed by atoms with Crippen molar-refractivity contribution in [3.05, 3.63) is 53.6 Å². The molecule has 2 aromatic rings. The third kappa shape index (κ3) is 6.19. The first-order valence-electron chi connectivity index (χ1n) is 9.72. The van der Waals surface area contributed by atoms with Crippen molar-refractivity contribution in [2.24, 2.45) is 0 Å². The molecule has 1 amide bonds. The highest BCUT2D eigenvalue weighted by Gasteiger charge is 2.14. The number of benzene rings is 2. The maximum Gasteiger partial charge on any atom is 0.222 e. The van der Waals surface area contributed by atoms with Gasteiger partial charge in [-0.3, -0.25) is 4.79 Å². The number of carbonyl (C=O) groups excluding carboxylic acids is 1. The molecule has 0 unspecified atom stereocenters. The van der Waals surface area contributed by atoms with E-state index in [-0.39, 0.29) is 5.91 Å². The lowest BCUT2D eigenvalue weighted by Gasteiger charge is -2.23. The van der Waals surface area contributed by atoms with Gasteiger partial charge in [0.1, 0.15) is 5.75 Å². The minimum Gasteiger partial charge on any atom is -0.497 e. The Morgan fingerprint density at radius 2 is 1.57 bits per heavy atom. The van der Waals surface area contributed by atoms with Crippen LogP contribution in [-0.2, 0) is 17.8 Å². The summed E-state index contributed by atoms with van der Waals surface area (Å²) in [5.41, 5.74) is 2.21. The van der Waals surface area contributed by atoms with Gasteiger partial charge in [0.25, 0.3) is 0 Å². The molecule has 152 valence electrons. The average Bonchev–Trinajstić information content (AvgIpc) is 2.74. The highest BCUT2D eigenvalue weighted by atomic mass is 16.5. The first-order chi connectivity index (χ1) is 13.6. The summed E-state index contributed by atoms with van der Waals surface area (Å²) >= 11 is 0. The maximum absolute atomic E-state index is 12.7. The SMILES string of the molecule is CCCCC(=O)N(CCc1ccc(OC)c(OC)c1)Cc1ccc(OC)cc1. The lowest BCUT2D eigenvalue weighted by molar-refractivity contribution is -0.131. The topological polar surface area (TPSA) is 48.0 Å². The number of amides is 1. The van der Waals surface area contributed by atoms with Crippen LogP contribution in [0.4, 0.5) is 0 Å². The minimum atomic E-state index is 0.193. The van der Waals surface area contributed by atoms with Crippen molar-refractivity contribution in [3.63, 3.8) is 0 Å². The van der Waals surface area contributed by atoms with Gasteiger partial charge in [-0.25, -0.2) is 0 Å². The molecule has 0 bridgehead atoms. The Hall–Kier alpha value is -2.69. The molecule has 0 aromatic heterocycles. The van der Waals surface area contributed by atoms with Crippen LogP contribution in [0.3, 0.4) is 0 Å². The molecule has 0 heterocycles. The van der Waals surface area contributed by atoms with Crippen LogP contribution in [0.5, 0.6) is 17.2 Å². The number of methoxy groups -OCH3 is 3. The molecule has 2 rings (SSSR count). The number of rotatable bonds is 11. The fraction of sp³-hybridized carbons (Fsp3) is 0.435. The maximum atomic E-state index is 12.7. The summed E-state index contributed by atoms with van der Waals surface area (Å²) in [7, 11) is 4.91. The van der Waals surface area contributed by atoms with E-state index >= 15 is 0 Å². The number of hydrogen-bond donors (Lipinski definition) is 0. The van der Waals surface area contributed by atoms with Gasteiger partial charge >= 0.3 is 0 Å². The van der Waals surface area contributed by atoms with Crippen LogP contribution < -0.4 is 14.2 Å². The first kappa shape index (κ1) is 21.6. The Bertz CT molecular complexity index is 743. The molecule has 0 aliphatic heterocycles. The Morgan fingerprint density at radius 3 is 2.18 bits per heavy atom. The molecule has 0 aliphatic carbocycles. The molecule has 0 spiro atoms. The van der Waals surface area contributed by atoms with Gasteiger partial charge in [0.2, 0.25) is 5.91 Å². The summed E-state index contributed by atoms with van der Waals surface area (Å²) < 4.78 is 15.9. The van der Waals surface area contributed by atoms with Crippen LogP contribution in [0.25, 0.3) is 0 Å². The van der Waals surface area contributed by atoms with Crippen molar-refractivity contribution in [1.29, 1.82) is 0 Å². The van der Waals surface area contributed by atoms with E-state index in [2.05, 4.69) is 6.92 Å². The molecule has 0 atom stereocenters. The largest absolute Gasteiger partial charge is 0.497 e. The van der Waals surface area contributed by atoms with Crippen LogP contribution in [0.15, 0.2) is 42.5 Å². The van der Waals surface area contributed by atoms with E-state index in [1.165, 1.54) is 0 Å². The summed E-state index contributed by atoms with van der Waals surface area (Å²) in [4.78, 5) is 14.7. The minimum absolute atomic E-state index is 0.193. The normalized spacial score (nSPS) is 10.4. The number of nitrogens with zero attached hydrogens (tertiary/aromatic N) is 1. The predicted octanol–water partition coefficient (Wildman–Crippen LogP) is 4.47. The Kier molecular flexibility index (Phi) is 8.66. The highest BCUT2D eigenvalue weighted by Crippen LogP contribution is 2.28. The third-order valence-electron chi connectivity index (χ3n) is 4.75. The molecule has 5 heteroatoms. The zero-order valence-corrected chi connectivity index (χ0v) is 17.4. The van der Waals surface area contributed by atoms with Gasteiger partial charge in [-0.05, 0) is 48.2 Å². The van der Waals surface area contributed by atoms with Gasteiger partial charge in [-0.1, -0.05) is 31.5 Å². The van der Waals surface area contributed by atoms with E-state index in [9.17, 15) is 4.79 Å². The number of unbranched alkanes of at least 4 members (excludes halogenated alkanes) is 1. The smallest absolute Gasteiger partial charge is 0.222 e. The van der Waals surface area contributed by atoms with Crippen molar-refractivity contribution in [2.45, 2.75) is 39.2 Å². The second-order valence-electron chi connectivity index (χ2n) is 6.71. The monoisotopic (exact) mass is 385 g/mol. The summed E-state index contributed by atoms with van der Waals surface area (Å²) in [5, 5.41) is 0. The van der Waals surface area contributed by atoms with E-state index in [0.29, 0.717) is 31.0 Å². The first-order valence-corrected chi connectivity index (χ1v) is 9.72. The van der Waals surface area contributed by atoms with Crippen molar-refractivity contribution in [1.82, 2.24) is 4.90 Å². The highest BCUT2D eigenvalue weighted by molar-refractivity contribution is 5.76. The van der Waals surface area contributed by atoms with Gasteiger partial charge in [-0.15, -0.1) is 0 Å². The molecule has 0 aliphatic rings. The number of hydrogen-bond acceptors (Lipinski definition) is 4. The van der Waals surface area contributed by atoms with Crippen molar-refractivity contribution < 1.29 is 19.0 Å². The second-order valence-corrected chi connectivity index (χ2v) is 6.71. The van der Waals surface area contributed by atoms with Gasteiger partial charge in [0, 0.05) is 19.5 Å². The van der Waals surface area contributed by atoms with Crippen molar-refractivity contribution in [3.8, 4) is 17.2 Å². The molecule has 0 saturated carbocycles. The molecule has 0 fully saturated rings. The molecular formula is C23H31NO4. The van der Waals surface area contributed by atoms with Crippen LogP contribution in [0.2, 0.25) is 0 Å². The lowest BCUT2D eigenvalue weighted by Crippen LogP contribution is -2.32. The Morgan fingerprint density at radius 1 is 0.893 bits per heavy atom. The van der Waals surface area contributed by atoms with Crippen LogP contribution >= 0.6 is 0 Å². The van der Waals surface area contributed by atoms with E-state index in [1.807, 2.05) is 47.4 Å². The zero-order valence-electron chi connectivity index (χ0n) is 17.4. The fourth-order valence-electron chi connectivity index (χ4n) is 3.03. The van der Waals surface area contributed by atoms with Gasteiger partial charge in [-0.2, -0.15) is 0 Å². The third-order valence-corrected chi connectivity index (χ3v) is 4.75. The van der Waals surface area contributed by atoms with Crippen molar-refractivity contribution in [2.75, 3.05) is 27.9 Å². The Labute approximate surface area is 168 Å². The van der Waals surface area contributed by atoms with Crippen LogP contribution in [0, 0.1) is 0 Å². The molecule has 0 N–H and O–H groups in total. The van der Waals surface area contributed by atoms with E-state index in [4.69, 9.17) is 14.2 Å². The van der Waals surface area contributed by atoms with Gasteiger partial charge < -0.3 is 19.1 Å². The average molecular weight is 386 g/mol. The molecule has 5 nitrogen and oxygen atoms in total. The zero-order chi connectivity index (χ0) is 20.4. The molecule has 0 radical (unpaired) electrons. The summed E-state index contributed by atoms with van der Waals surface area (Å²) in [6.45, 7) is 3.36. The summed E-state index contributed by atoms with van der Waals surface area (Å²) in [5.74, 6) is 2.43. The standard InChI is InChI=1S/C23H31NO4/c1-5-6-7-23(25)24(17-19-8-11-20(26-2)12-9-19)15-14-18-10-13-21(27-3)22(16-18)28-4/h8-13,16H,5-7,14-15,17H2,1-4H3. The van der Waals surface area contributed by atoms with Gasteiger partial charge in [0.05, 0.1) is 21.3 Å². The summed E-state index contributed by atoms with van der Waals surface area (Å²) in [6.07, 6.45) is 3.26. The van der Waals surface area contributed by atoms with E-state index in [0.717, 1.165) is 36.1 Å². The van der Waals surface area contributed by atoms with Crippen molar-refractivity contribution >= 4 is 5.91 Å². The molecule has 28 heavy (non-hydrogen) atoms. The lowest BCUT2D eigenvalue weighted by atomic mass is 10.1. The number of ether oxygens (including phenoxy) is 3. The van der Waals surface area contributed by atoms with Crippen LogP contribution in [-0.4, -0.2) is 38.7 Å². The predicted molar refractivity (Wildman–Crippen MR) is 111 cm³/mol. The van der Waals surface area contributed by atoms with Gasteiger partial charge in [0.15, 0.2) is 11.5 Å². The Balaban J connectivity index is 2.09. The number of carbonyl (C=O) groups is 1. The van der Waals surface area contributed by atoms with E-state index in [1.54, 1.807) is 21.3 Å². The van der Waals surface area contributed by atoms with E-state index < -0.39 is 0 Å². The van der Waals surface area contributed by atoms with Crippen LogP contribution in [0.1, 0.15) is 37.3 Å². The molecule has 2 aromatic carbocycles. The molecular weight excluding hydrogens is 354 g/mol.